The average Bonchev–Trinajstić information content (AvgIpc) is 3.19. The molecule has 2 aromatic heterocycles. The Morgan fingerprint density at radius 1 is 1.43 bits per heavy atom. The third-order valence-electron chi connectivity index (χ3n) is 3.07. The number of hydrogen-bond donors (Lipinski definition) is 1. The Morgan fingerprint density at radius 2 is 2.26 bits per heavy atom. The van der Waals surface area contributed by atoms with Crippen molar-refractivity contribution in [1.82, 2.24) is 9.55 Å². The Morgan fingerprint density at radius 3 is 2.96 bits per heavy atom. The van der Waals surface area contributed by atoms with Crippen LogP contribution in [0.3, 0.4) is 0 Å². The smallest absolute Gasteiger partial charge is 0.265 e. The van der Waals surface area contributed by atoms with Crippen LogP contribution in [0.4, 0.5) is 5.69 Å². The van der Waals surface area contributed by atoms with Gasteiger partial charge >= 0.3 is 0 Å². The topological polar surface area (TPSA) is 70.7 Å². The van der Waals surface area contributed by atoms with Gasteiger partial charge in [-0.2, -0.15) is 5.26 Å². The van der Waals surface area contributed by atoms with Crippen LogP contribution in [0.25, 0.3) is 0 Å². The summed E-state index contributed by atoms with van der Waals surface area (Å²) in [5.41, 5.74) is 1.22. The Hall–Kier alpha value is -2.56. The predicted molar refractivity (Wildman–Crippen MR) is 90.8 cm³/mol. The van der Waals surface area contributed by atoms with Crippen LogP contribution in [0, 0.1) is 11.3 Å². The van der Waals surface area contributed by atoms with Gasteiger partial charge in [-0.15, -0.1) is 11.3 Å². The number of benzene rings is 1. The normalized spacial score (nSPS) is 10.3. The van der Waals surface area contributed by atoms with Crippen LogP contribution in [-0.2, 0) is 7.05 Å². The number of imidazole rings is 1. The molecule has 3 aromatic rings. The van der Waals surface area contributed by atoms with Crippen LogP contribution >= 0.6 is 23.1 Å². The van der Waals surface area contributed by atoms with Crippen molar-refractivity contribution < 1.29 is 4.79 Å². The zero-order valence-corrected chi connectivity index (χ0v) is 13.8. The molecule has 2 heterocycles. The molecule has 23 heavy (non-hydrogen) atoms. The standard InChI is InChI=1S/C16H12N4OS2/c1-20-7-6-18-16(20)23-13-5-3-2-4-12(13)19-15(21)14-8-11(9-17)10-22-14/h2-8,10H,1H3,(H,19,21). The molecule has 1 aromatic carbocycles. The Bertz CT molecular complexity index is 891. The summed E-state index contributed by atoms with van der Waals surface area (Å²) in [5, 5.41) is 14.3. The Kier molecular flexibility index (Phi) is 4.46. The van der Waals surface area contributed by atoms with E-state index in [0.717, 1.165) is 15.7 Å². The number of rotatable bonds is 4. The zero-order chi connectivity index (χ0) is 16.2. The van der Waals surface area contributed by atoms with Gasteiger partial charge in [0.05, 0.1) is 16.1 Å². The molecular formula is C16H12N4OS2. The highest BCUT2D eigenvalue weighted by molar-refractivity contribution is 7.99. The van der Waals surface area contributed by atoms with Gasteiger partial charge in [-0.3, -0.25) is 4.79 Å². The summed E-state index contributed by atoms with van der Waals surface area (Å²) in [6, 6.07) is 11.2. The minimum absolute atomic E-state index is 0.218. The van der Waals surface area contributed by atoms with Gasteiger partial charge in [0.2, 0.25) is 0 Å². The van der Waals surface area contributed by atoms with Gasteiger partial charge in [0.25, 0.3) is 5.91 Å². The van der Waals surface area contributed by atoms with E-state index in [9.17, 15) is 4.79 Å². The molecule has 0 unspecified atom stereocenters. The number of aryl methyl sites for hydroxylation is 1. The molecule has 0 spiro atoms. The van der Waals surface area contributed by atoms with Crippen molar-refractivity contribution in [2.45, 2.75) is 10.1 Å². The van der Waals surface area contributed by atoms with Crippen molar-refractivity contribution in [2.24, 2.45) is 7.05 Å². The average molecular weight is 340 g/mol. The second kappa shape index (κ2) is 6.69. The van der Waals surface area contributed by atoms with Crippen molar-refractivity contribution in [1.29, 1.82) is 5.26 Å². The molecule has 1 amide bonds. The molecule has 0 bridgehead atoms. The number of para-hydroxylation sites is 1. The molecule has 0 atom stereocenters. The highest BCUT2D eigenvalue weighted by atomic mass is 32.2. The molecule has 0 saturated heterocycles. The number of carbonyl (C=O) groups is 1. The second-order valence-electron chi connectivity index (χ2n) is 4.68. The third-order valence-corrected chi connectivity index (χ3v) is 5.15. The van der Waals surface area contributed by atoms with Gasteiger partial charge in [0.1, 0.15) is 6.07 Å². The van der Waals surface area contributed by atoms with Crippen molar-refractivity contribution in [3.05, 3.63) is 58.5 Å². The lowest BCUT2D eigenvalue weighted by atomic mass is 10.3. The maximum Gasteiger partial charge on any atom is 0.265 e. The largest absolute Gasteiger partial charge is 0.329 e. The monoisotopic (exact) mass is 340 g/mol. The number of hydrogen-bond acceptors (Lipinski definition) is 5. The molecule has 0 aliphatic rings. The van der Waals surface area contributed by atoms with E-state index in [1.807, 2.05) is 48.1 Å². The van der Waals surface area contributed by atoms with Gasteiger partial charge in [-0.25, -0.2) is 4.98 Å². The lowest BCUT2D eigenvalue weighted by Gasteiger charge is -2.09. The van der Waals surface area contributed by atoms with Crippen molar-refractivity contribution in [3.63, 3.8) is 0 Å². The predicted octanol–water partition coefficient (Wildman–Crippen LogP) is 3.76. The third kappa shape index (κ3) is 3.44. The molecule has 7 heteroatoms. The first-order valence-electron chi connectivity index (χ1n) is 6.71. The molecule has 0 saturated carbocycles. The number of thiophene rings is 1. The van der Waals surface area contributed by atoms with E-state index in [2.05, 4.69) is 10.3 Å². The van der Waals surface area contributed by atoms with Crippen LogP contribution in [-0.4, -0.2) is 15.5 Å². The Balaban J connectivity index is 1.82. The molecule has 114 valence electrons. The summed E-state index contributed by atoms with van der Waals surface area (Å²) in [4.78, 5) is 18.0. The van der Waals surface area contributed by atoms with Crippen LogP contribution in [0.5, 0.6) is 0 Å². The summed E-state index contributed by atoms with van der Waals surface area (Å²) in [6.07, 6.45) is 3.61. The highest BCUT2D eigenvalue weighted by Gasteiger charge is 2.13. The number of nitrogens with zero attached hydrogens (tertiary/aromatic N) is 3. The summed E-state index contributed by atoms with van der Waals surface area (Å²) < 4.78 is 1.92. The van der Waals surface area contributed by atoms with E-state index < -0.39 is 0 Å². The van der Waals surface area contributed by atoms with Crippen LogP contribution in [0.15, 0.2) is 58.2 Å². The second-order valence-corrected chi connectivity index (χ2v) is 6.60. The number of carbonyl (C=O) groups excluding carboxylic acids is 1. The van der Waals surface area contributed by atoms with Gasteiger partial charge in [0, 0.05) is 29.7 Å². The summed E-state index contributed by atoms with van der Waals surface area (Å²) in [6.45, 7) is 0. The van der Waals surface area contributed by atoms with Crippen LogP contribution < -0.4 is 5.32 Å². The van der Waals surface area contributed by atoms with E-state index in [4.69, 9.17) is 5.26 Å². The highest BCUT2D eigenvalue weighted by Crippen LogP contribution is 2.32. The summed E-state index contributed by atoms with van der Waals surface area (Å²) >= 11 is 2.74. The first-order chi connectivity index (χ1) is 11.2. The first kappa shape index (κ1) is 15.3. The van der Waals surface area contributed by atoms with Crippen LogP contribution in [0.2, 0.25) is 0 Å². The minimum atomic E-state index is -0.218. The number of anilines is 1. The minimum Gasteiger partial charge on any atom is -0.329 e. The fraction of sp³-hybridized carbons (Fsp3) is 0.0625. The molecule has 3 rings (SSSR count). The van der Waals surface area contributed by atoms with Crippen LogP contribution in [0.1, 0.15) is 15.2 Å². The SMILES string of the molecule is Cn1ccnc1Sc1ccccc1NC(=O)c1cc(C#N)cs1. The fourth-order valence-corrected chi connectivity index (χ4v) is 3.52. The van der Waals surface area contributed by atoms with E-state index >= 15 is 0 Å². The van der Waals surface area contributed by atoms with E-state index in [1.165, 1.54) is 23.1 Å². The molecule has 5 nitrogen and oxygen atoms in total. The van der Waals surface area contributed by atoms with Crippen molar-refractivity contribution in [3.8, 4) is 6.07 Å². The zero-order valence-electron chi connectivity index (χ0n) is 12.2. The fourth-order valence-electron chi connectivity index (χ4n) is 1.91. The van der Waals surface area contributed by atoms with Gasteiger partial charge < -0.3 is 9.88 Å². The van der Waals surface area contributed by atoms with E-state index in [1.54, 1.807) is 17.6 Å². The number of amides is 1. The maximum atomic E-state index is 12.3. The van der Waals surface area contributed by atoms with Crippen molar-refractivity contribution in [2.75, 3.05) is 5.32 Å². The molecule has 1 N–H and O–H groups in total. The van der Waals surface area contributed by atoms with E-state index in [-0.39, 0.29) is 5.91 Å². The van der Waals surface area contributed by atoms with E-state index in [0.29, 0.717) is 10.4 Å². The van der Waals surface area contributed by atoms with Crippen molar-refractivity contribution >= 4 is 34.7 Å². The molecule has 0 aliphatic heterocycles. The molecule has 0 fully saturated rings. The molecule has 0 aliphatic carbocycles. The quantitative estimate of drug-likeness (QED) is 0.785. The summed E-state index contributed by atoms with van der Waals surface area (Å²) in [7, 11) is 1.92. The number of nitriles is 1. The lowest BCUT2D eigenvalue weighted by Crippen LogP contribution is -2.10. The van der Waals surface area contributed by atoms with Gasteiger partial charge in [-0.05, 0) is 30.0 Å². The summed E-state index contributed by atoms with van der Waals surface area (Å²) in [5.74, 6) is -0.218. The maximum absolute atomic E-state index is 12.3. The lowest BCUT2D eigenvalue weighted by molar-refractivity contribution is 0.103. The Labute approximate surface area is 141 Å². The molecular weight excluding hydrogens is 328 g/mol. The number of aromatic nitrogens is 2. The number of nitrogens with one attached hydrogen (secondary N) is 1. The molecule has 0 radical (unpaired) electrons. The first-order valence-corrected chi connectivity index (χ1v) is 8.41. The van der Waals surface area contributed by atoms with Gasteiger partial charge in [0.15, 0.2) is 5.16 Å². The van der Waals surface area contributed by atoms with Gasteiger partial charge in [-0.1, -0.05) is 12.1 Å².